The molecule has 0 spiro atoms. The molecule has 0 bridgehead atoms. The van der Waals surface area contributed by atoms with Crippen molar-refractivity contribution >= 4 is 9.84 Å². The first-order valence-corrected chi connectivity index (χ1v) is 9.98. The van der Waals surface area contributed by atoms with Gasteiger partial charge in [0.25, 0.3) is 0 Å². The monoisotopic (exact) mass is 289 g/mol. The van der Waals surface area contributed by atoms with Gasteiger partial charge in [-0.25, -0.2) is 8.42 Å². The Morgan fingerprint density at radius 3 is 2.42 bits per heavy atom. The van der Waals surface area contributed by atoms with Gasteiger partial charge in [-0.3, -0.25) is 0 Å². The minimum Gasteiger partial charge on any atom is -0.314 e. The summed E-state index contributed by atoms with van der Waals surface area (Å²) in [4.78, 5) is 0. The fraction of sp³-hybridized carbons (Fsp3) is 1.00. The van der Waals surface area contributed by atoms with Gasteiger partial charge in [0.05, 0.1) is 5.75 Å². The Balaban J connectivity index is 2.30. The smallest absolute Gasteiger partial charge is 0.147 e. The summed E-state index contributed by atoms with van der Waals surface area (Å²) in [6.45, 7) is 3.15. The van der Waals surface area contributed by atoms with Crippen LogP contribution in [0.2, 0.25) is 0 Å². The van der Waals surface area contributed by atoms with Crippen LogP contribution >= 0.6 is 0 Å². The molecular formula is C15H31NO2S. The van der Waals surface area contributed by atoms with Crippen molar-refractivity contribution in [3.05, 3.63) is 0 Å². The van der Waals surface area contributed by atoms with E-state index in [1.807, 2.05) is 0 Å². The highest BCUT2D eigenvalue weighted by Crippen LogP contribution is 2.28. The molecule has 4 heteroatoms. The van der Waals surface area contributed by atoms with Gasteiger partial charge in [-0.2, -0.15) is 0 Å². The molecular weight excluding hydrogens is 258 g/mol. The zero-order valence-corrected chi connectivity index (χ0v) is 13.5. The largest absolute Gasteiger partial charge is 0.314 e. The standard InChI is InChI=1S/C15H31NO2S/c1-3-12-16-15(11-13-19(2,17)18)10-9-14-7-5-4-6-8-14/h14-16H,3-13H2,1-2H3. The van der Waals surface area contributed by atoms with Crippen LogP contribution in [-0.4, -0.2) is 33.0 Å². The van der Waals surface area contributed by atoms with Crippen LogP contribution < -0.4 is 5.32 Å². The molecule has 0 radical (unpaired) electrons. The van der Waals surface area contributed by atoms with Crippen molar-refractivity contribution in [2.75, 3.05) is 18.6 Å². The maximum absolute atomic E-state index is 11.3. The second-order valence-electron chi connectivity index (χ2n) is 6.15. The first kappa shape index (κ1) is 17.0. The molecule has 1 aliphatic rings. The molecule has 1 saturated carbocycles. The van der Waals surface area contributed by atoms with E-state index >= 15 is 0 Å². The zero-order valence-electron chi connectivity index (χ0n) is 12.7. The average molecular weight is 289 g/mol. The third-order valence-corrected chi connectivity index (χ3v) is 5.15. The van der Waals surface area contributed by atoms with Gasteiger partial charge in [0.1, 0.15) is 9.84 Å². The first-order valence-electron chi connectivity index (χ1n) is 7.92. The minimum atomic E-state index is -2.83. The molecule has 114 valence electrons. The number of hydrogen-bond donors (Lipinski definition) is 1. The zero-order chi connectivity index (χ0) is 14.1. The van der Waals surface area contributed by atoms with Crippen molar-refractivity contribution in [2.24, 2.45) is 5.92 Å². The molecule has 0 aromatic carbocycles. The van der Waals surface area contributed by atoms with Gasteiger partial charge < -0.3 is 5.32 Å². The lowest BCUT2D eigenvalue weighted by Gasteiger charge is -2.24. The van der Waals surface area contributed by atoms with Crippen molar-refractivity contribution < 1.29 is 8.42 Å². The van der Waals surface area contributed by atoms with E-state index in [2.05, 4.69) is 12.2 Å². The van der Waals surface area contributed by atoms with Crippen LogP contribution in [0.1, 0.15) is 64.7 Å². The van der Waals surface area contributed by atoms with E-state index in [-0.39, 0.29) is 0 Å². The molecule has 1 atom stereocenters. The molecule has 0 amide bonds. The number of sulfone groups is 1. The predicted molar refractivity (Wildman–Crippen MR) is 82.2 cm³/mol. The van der Waals surface area contributed by atoms with Gasteiger partial charge in [-0.1, -0.05) is 39.0 Å². The molecule has 1 rings (SSSR count). The van der Waals surface area contributed by atoms with Gasteiger partial charge in [-0.05, 0) is 38.1 Å². The highest BCUT2D eigenvalue weighted by atomic mass is 32.2. The molecule has 1 aliphatic carbocycles. The highest BCUT2D eigenvalue weighted by Gasteiger charge is 2.17. The van der Waals surface area contributed by atoms with E-state index in [1.54, 1.807) is 0 Å². The summed E-state index contributed by atoms with van der Waals surface area (Å²) in [5, 5.41) is 3.52. The second-order valence-corrected chi connectivity index (χ2v) is 8.41. The Morgan fingerprint density at radius 2 is 1.84 bits per heavy atom. The van der Waals surface area contributed by atoms with Gasteiger partial charge in [-0.15, -0.1) is 0 Å². The lowest BCUT2D eigenvalue weighted by molar-refractivity contribution is 0.311. The number of nitrogens with one attached hydrogen (secondary N) is 1. The molecule has 0 aliphatic heterocycles. The maximum atomic E-state index is 11.3. The van der Waals surface area contributed by atoms with Gasteiger partial charge in [0.15, 0.2) is 0 Å². The molecule has 0 heterocycles. The minimum absolute atomic E-state index is 0.318. The highest BCUT2D eigenvalue weighted by molar-refractivity contribution is 7.90. The Hall–Kier alpha value is -0.0900. The SMILES string of the molecule is CCCNC(CCC1CCCCC1)CCS(C)(=O)=O. The lowest BCUT2D eigenvalue weighted by Crippen LogP contribution is -2.32. The molecule has 1 fully saturated rings. The molecule has 1 unspecified atom stereocenters. The average Bonchev–Trinajstić information content (AvgIpc) is 2.38. The van der Waals surface area contributed by atoms with E-state index in [1.165, 1.54) is 44.8 Å². The van der Waals surface area contributed by atoms with Crippen molar-refractivity contribution in [2.45, 2.75) is 70.8 Å². The van der Waals surface area contributed by atoms with Crippen molar-refractivity contribution in [1.29, 1.82) is 0 Å². The van der Waals surface area contributed by atoms with Crippen LogP contribution in [0, 0.1) is 5.92 Å². The summed E-state index contributed by atoms with van der Waals surface area (Å²) in [7, 11) is -2.83. The third-order valence-electron chi connectivity index (χ3n) is 4.17. The molecule has 0 aromatic heterocycles. The van der Waals surface area contributed by atoms with Crippen LogP contribution in [0.3, 0.4) is 0 Å². The molecule has 19 heavy (non-hydrogen) atoms. The van der Waals surface area contributed by atoms with Crippen molar-refractivity contribution in [1.82, 2.24) is 5.32 Å². The van der Waals surface area contributed by atoms with Crippen LogP contribution in [0.25, 0.3) is 0 Å². The van der Waals surface area contributed by atoms with E-state index in [4.69, 9.17) is 0 Å². The predicted octanol–water partition coefficient (Wildman–Crippen LogP) is 3.15. The Bertz CT molecular complexity index is 321. The normalized spacial score (nSPS) is 19.5. The Morgan fingerprint density at radius 1 is 1.16 bits per heavy atom. The molecule has 3 nitrogen and oxygen atoms in total. The fourth-order valence-corrected chi connectivity index (χ4v) is 3.68. The van der Waals surface area contributed by atoms with E-state index in [0.29, 0.717) is 11.8 Å². The van der Waals surface area contributed by atoms with E-state index in [0.717, 1.165) is 31.7 Å². The van der Waals surface area contributed by atoms with Crippen molar-refractivity contribution in [3.63, 3.8) is 0 Å². The van der Waals surface area contributed by atoms with Gasteiger partial charge in [0.2, 0.25) is 0 Å². The summed E-state index contributed by atoms with van der Waals surface area (Å²) < 4.78 is 22.6. The summed E-state index contributed by atoms with van der Waals surface area (Å²) in [5.41, 5.74) is 0. The third kappa shape index (κ3) is 8.64. The Kier molecular flexibility index (Phi) is 8.00. The maximum Gasteiger partial charge on any atom is 0.147 e. The van der Waals surface area contributed by atoms with Gasteiger partial charge >= 0.3 is 0 Å². The first-order chi connectivity index (χ1) is 9.01. The van der Waals surface area contributed by atoms with Crippen LogP contribution in [0.5, 0.6) is 0 Å². The van der Waals surface area contributed by atoms with Crippen LogP contribution in [-0.2, 0) is 9.84 Å². The summed E-state index contributed by atoms with van der Waals surface area (Å²) in [5.74, 6) is 1.21. The molecule has 0 aromatic rings. The van der Waals surface area contributed by atoms with Crippen molar-refractivity contribution in [3.8, 4) is 0 Å². The summed E-state index contributed by atoms with van der Waals surface area (Å²) in [6.07, 6.45) is 12.6. The quantitative estimate of drug-likeness (QED) is 0.709. The number of hydrogen-bond acceptors (Lipinski definition) is 3. The molecule has 0 saturated heterocycles. The summed E-state index contributed by atoms with van der Waals surface area (Å²) >= 11 is 0. The van der Waals surface area contributed by atoms with E-state index < -0.39 is 9.84 Å². The van der Waals surface area contributed by atoms with Crippen LogP contribution in [0.4, 0.5) is 0 Å². The van der Waals surface area contributed by atoms with Gasteiger partial charge in [0, 0.05) is 12.3 Å². The second kappa shape index (κ2) is 8.96. The summed E-state index contributed by atoms with van der Waals surface area (Å²) in [6, 6.07) is 0.386. The van der Waals surface area contributed by atoms with Crippen LogP contribution in [0.15, 0.2) is 0 Å². The number of rotatable bonds is 9. The lowest BCUT2D eigenvalue weighted by atomic mass is 9.85. The fourth-order valence-electron chi connectivity index (χ4n) is 2.97. The van der Waals surface area contributed by atoms with E-state index in [9.17, 15) is 8.42 Å². The molecule has 1 N–H and O–H groups in total. The Labute approximate surface area is 119 Å². The topological polar surface area (TPSA) is 46.2 Å².